The van der Waals surface area contributed by atoms with Crippen molar-refractivity contribution in [3.05, 3.63) is 42.0 Å². The first-order valence-corrected chi connectivity index (χ1v) is 9.06. The highest BCUT2D eigenvalue weighted by Crippen LogP contribution is 2.27. The Kier molecular flexibility index (Phi) is 5.02. The number of rotatable bonds is 4. The van der Waals surface area contributed by atoms with E-state index in [1.807, 2.05) is 0 Å². The Balaban J connectivity index is 1.51. The molecule has 3 fully saturated rings. The van der Waals surface area contributed by atoms with Gasteiger partial charge in [-0.1, -0.05) is 12.1 Å². The number of nitrogens with one attached hydrogen (secondary N) is 3. The van der Waals surface area contributed by atoms with E-state index in [1.165, 1.54) is 37.1 Å². The number of piperidine rings is 3. The maximum absolute atomic E-state index is 5.48. The highest BCUT2D eigenvalue weighted by molar-refractivity contribution is 7.80. The van der Waals surface area contributed by atoms with E-state index < -0.39 is 0 Å². The molecule has 23 heavy (non-hydrogen) atoms. The van der Waals surface area contributed by atoms with Crippen LogP contribution in [-0.2, 0) is 0 Å². The van der Waals surface area contributed by atoms with Gasteiger partial charge in [0, 0.05) is 24.4 Å². The molecule has 4 heteroatoms. The van der Waals surface area contributed by atoms with Crippen LogP contribution in [0.5, 0.6) is 0 Å². The van der Waals surface area contributed by atoms with Crippen molar-refractivity contribution in [2.75, 3.05) is 25.0 Å². The summed E-state index contributed by atoms with van der Waals surface area (Å²) in [5.74, 6) is 1.55. The summed E-state index contributed by atoms with van der Waals surface area (Å²) in [7, 11) is 0. The summed E-state index contributed by atoms with van der Waals surface area (Å²) in [5, 5.41) is 7.49. The minimum atomic E-state index is 0.684. The Morgan fingerprint density at radius 3 is 2.70 bits per heavy atom. The summed E-state index contributed by atoms with van der Waals surface area (Å²) in [6.07, 6.45) is 4.82. The molecule has 0 radical (unpaired) electrons. The molecule has 1 unspecified atom stereocenters. The van der Waals surface area contributed by atoms with Crippen LogP contribution in [0.4, 0.5) is 5.69 Å². The molecule has 3 N–H and O–H groups in total. The van der Waals surface area contributed by atoms with E-state index in [9.17, 15) is 0 Å². The highest BCUT2D eigenvalue weighted by Gasteiger charge is 2.41. The van der Waals surface area contributed by atoms with Gasteiger partial charge in [0.25, 0.3) is 0 Å². The number of thiocarbonyl (C=S) groups is 1. The zero-order valence-electron chi connectivity index (χ0n) is 14.2. The predicted molar refractivity (Wildman–Crippen MR) is 101 cm³/mol. The molecule has 4 rings (SSSR count). The smallest absolute Gasteiger partial charge is 0.170 e. The Labute approximate surface area is 145 Å². The molecular weight excluding hydrogens is 302 g/mol. The molecule has 3 aliphatic rings. The monoisotopic (exact) mass is 330 g/mol. The van der Waals surface area contributed by atoms with Crippen molar-refractivity contribution >= 4 is 23.0 Å². The molecule has 124 valence electrons. The van der Waals surface area contributed by atoms with Crippen LogP contribution in [0, 0.1) is 25.7 Å². The predicted octanol–water partition coefficient (Wildman–Crippen LogP) is 2.07. The van der Waals surface area contributed by atoms with E-state index in [0.717, 1.165) is 29.2 Å². The molecule has 0 spiro atoms. The van der Waals surface area contributed by atoms with Crippen LogP contribution in [-0.4, -0.2) is 30.8 Å². The molecule has 0 aromatic heterocycles. The number of benzene rings is 1. The van der Waals surface area contributed by atoms with E-state index in [0.29, 0.717) is 6.04 Å². The SMILES string of the molecule is C=C[C@H]1C[NH+]2CC[C@H]1C[C@@H]2CNC(=S)Nc1cc(C)cc(C)c1. The minimum Gasteiger partial charge on any atom is -0.356 e. The quantitative estimate of drug-likeness (QED) is 0.583. The number of fused-ring (bicyclic) bond motifs is 3. The molecule has 3 nitrogen and oxygen atoms in total. The summed E-state index contributed by atoms with van der Waals surface area (Å²) in [5.41, 5.74) is 3.58. The topological polar surface area (TPSA) is 28.5 Å². The van der Waals surface area contributed by atoms with Gasteiger partial charge in [-0.15, -0.1) is 6.58 Å². The van der Waals surface area contributed by atoms with Crippen molar-refractivity contribution in [1.29, 1.82) is 0 Å². The van der Waals surface area contributed by atoms with E-state index in [2.05, 4.69) is 55.3 Å². The zero-order chi connectivity index (χ0) is 16.4. The molecule has 1 aromatic rings. The van der Waals surface area contributed by atoms with E-state index in [4.69, 9.17) is 12.2 Å². The largest absolute Gasteiger partial charge is 0.356 e. The maximum atomic E-state index is 5.48. The van der Waals surface area contributed by atoms with E-state index in [1.54, 1.807) is 4.90 Å². The first-order chi connectivity index (χ1) is 11.0. The van der Waals surface area contributed by atoms with Gasteiger partial charge in [0.05, 0.1) is 19.6 Å². The zero-order valence-corrected chi connectivity index (χ0v) is 15.0. The van der Waals surface area contributed by atoms with Crippen molar-refractivity contribution in [3.8, 4) is 0 Å². The van der Waals surface area contributed by atoms with Crippen LogP contribution in [0.3, 0.4) is 0 Å². The third-order valence-corrected chi connectivity index (χ3v) is 5.64. The standard InChI is InChI=1S/C19H27N3S/c1-4-15-12-22-6-5-16(15)10-18(22)11-20-19(23)21-17-8-13(2)7-14(3)9-17/h4,7-9,15-16,18H,1,5-6,10-12H2,2-3H3,(H2,20,21,23)/p+1/t15-,16-,18+/m0/s1. The fourth-order valence-corrected chi connectivity index (χ4v) is 4.49. The molecule has 2 bridgehead atoms. The van der Waals surface area contributed by atoms with Crippen LogP contribution >= 0.6 is 12.2 Å². The summed E-state index contributed by atoms with van der Waals surface area (Å²) in [4.78, 5) is 1.72. The molecule has 0 saturated carbocycles. The second kappa shape index (κ2) is 7.02. The lowest BCUT2D eigenvalue weighted by Crippen LogP contribution is -3.20. The lowest BCUT2D eigenvalue weighted by Gasteiger charge is -2.46. The van der Waals surface area contributed by atoms with Crippen molar-refractivity contribution in [1.82, 2.24) is 5.32 Å². The Morgan fingerprint density at radius 2 is 2.09 bits per heavy atom. The normalized spacial score (nSPS) is 29.1. The number of quaternary nitrogens is 1. The average Bonchev–Trinajstić information content (AvgIpc) is 2.52. The van der Waals surface area contributed by atoms with Gasteiger partial charge in [0.1, 0.15) is 6.04 Å². The maximum Gasteiger partial charge on any atom is 0.170 e. The molecule has 3 aliphatic heterocycles. The summed E-state index contributed by atoms with van der Waals surface area (Å²) < 4.78 is 0. The molecule has 0 amide bonds. The van der Waals surface area contributed by atoms with Gasteiger partial charge in [-0.05, 0) is 55.2 Å². The first kappa shape index (κ1) is 16.5. The van der Waals surface area contributed by atoms with Crippen LogP contribution in [0.25, 0.3) is 0 Å². The van der Waals surface area contributed by atoms with Gasteiger partial charge in [-0.2, -0.15) is 0 Å². The molecule has 1 aromatic carbocycles. The van der Waals surface area contributed by atoms with Gasteiger partial charge in [-0.3, -0.25) is 0 Å². The van der Waals surface area contributed by atoms with Gasteiger partial charge >= 0.3 is 0 Å². The second-order valence-corrected chi connectivity index (χ2v) is 7.61. The summed E-state index contributed by atoms with van der Waals surface area (Å²) in [6.45, 7) is 11.7. The molecule has 0 aliphatic carbocycles. The number of hydrogen-bond donors (Lipinski definition) is 3. The lowest BCUT2D eigenvalue weighted by atomic mass is 9.76. The van der Waals surface area contributed by atoms with Crippen LogP contribution < -0.4 is 15.5 Å². The van der Waals surface area contributed by atoms with E-state index in [-0.39, 0.29) is 0 Å². The molecule has 3 saturated heterocycles. The van der Waals surface area contributed by atoms with Gasteiger partial charge in [0.2, 0.25) is 0 Å². The second-order valence-electron chi connectivity index (χ2n) is 7.20. The van der Waals surface area contributed by atoms with Gasteiger partial charge in [0.15, 0.2) is 5.11 Å². The fraction of sp³-hybridized carbons (Fsp3) is 0.526. The van der Waals surface area contributed by atoms with Gasteiger partial charge < -0.3 is 15.5 Å². The third-order valence-electron chi connectivity index (χ3n) is 5.40. The Bertz CT molecular complexity index is 578. The summed E-state index contributed by atoms with van der Waals surface area (Å²) in [6, 6.07) is 7.12. The number of anilines is 1. The third kappa shape index (κ3) is 3.93. The first-order valence-electron chi connectivity index (χ1n) is 8.65. The molecule has 3 heterocycles. The van der Waals surface area contributed by atoms with Crippen LogP contribution in [0.15, 0.2) is 30.9 Å². The highest BCUT2D eigenvalue weighted by atomic mass is 32.1. The molecule has 4 atom stereocenters. The molecular formula is C19H28N3S+. The lowest BCUT2D eigenvalue weighted by molar-refractivity contribution is -0.944. The summed E-state index contributed by atoms with van der Waals surface area (Å²) >= 11 is 5.48. The van der Waals surface area contributed by atoms with Crippen LogP contribution in [0.2, 0.25) is 0 Å². The van der Waals surface area contributed by atoms with Crippen molar-refractivity contribution in [2.24, 2.45) is 11.8 Å². The van der Waals surface area contributed by atoms with Crippen molar-refractivity contribution < 1.29 is 4.90 Å². The minimum absolute atomic E-state index is 0.684. The van der Waals surface area contributed by atoms with Crippen molar-refractivity contribution in [3.63, 3.8) is 0 Å². The van der Waals surface area contributed by atoms with Crippen LogP contribution in [0.1, 0.15) is 24.0 Å². The number of aryl methyl sites for hydroxylation is 2. The average molecular weight is 331 g/mol. The number of hydrogen-bond acceptors (Lipinski definition) is 1. The van der Waals surface area contributed by atoms with E-state index >= 15 is 0 Å². The Morgan fingerprint density at radius 1 is 1.35 bits per heavy atom. The van der Waals surface area contributed by atoms with Gasteiger partial charge in [-0.25, -0.2) is 0 Å². The fourth-order valence-electron chi connectivity index (χ4n) is 4.29. The van der Waals surface area contributed by atoms with Crippen molar-refractivity contribution in [2.45, 2.75) is 32.7 Å². The Hall–Kier alpha value is -1.39.